The Morgan fingerprint density at radius 2 is 2.21 bits per heavy atom. The number of rotatable bonds is 4. The Kier molecular flexibility index (Phi) is 4.69. The van der Waals surface area contributed by atoms with Crippen LogP contribution in [0.1, 0.15) is 36.3 Å². The molecule has 0 aliphatic carbocycles. The molecule has 128 valence electrons. The number of nitrogens with one attached hydrogen (secondary N) is 2. The van der Waals surface area contributed by atoms with Crippen LogP contribution in [0.3, 0.4) is 0 Å². The van der Waals surface area contributed by atoms with Crippen molar-refractivity contribution in [2.24, 2.45) is 0 Å². The van der Waals surface area contributed by atoms with Gasteiger partial charge in [0.1, 0.15) is 5.82 Å². The van der Waals surface area contributed by atoms with Crippen LogP contribution in [0.15, 0.2) is 24.3 Å². The molecule has 2 heterocycles. The number of hydrogen-bond acceptors (Lipinski definition) is 4. The average molecular weight is 328 g/mol. The minimum atomic E-state index is -0.0563. The van der Waals surface area contributed by atoms with E-state index in [4.69, 9.17) is 0 Å². The van der Waals surface area contributed by atoms with Crippen molar-refractivity contribution in [2.75, 3.05) is 25.5 Å². The Balaban J connectivity index is 1.66. The van der Waals surface area contributed by atoms with E-state index in [1.807, 2.05) is 30.0 Å². The molecule has 0 fully saturated rings. The van der Waals surface area contributed by atoms with E-state index in [2.05, 4.69) is 45.6 Å². The van der Waals surface area contributed by atoms with Gasteiger partial charge < -0.3 is 15.1 Å². The van der Waals surface area contributed by atoms with Gasteiger partial charge in [0.15, 0.2) is 0 Å². The summed E-state index contributed by atoms with van der Waals surface area (Å²) in [5, 5.41) is 9.89. The molecule has 0 saturated carbocycles. The number of anilines is 1. The number of urea groups is 1. The van der Waals surface area contributed by atoms with Crippen LogP contribution in [0.2, 0.25) is 0 Å². The second-order valence-corrected chi connectivity index (χ2v) is 6.20. The van der Waals surface area contributed by atoms with E-state index in [-0.39, 0.29) is 12.1 Å². The number of amides is 2. The Morgan fingerprint density at radius 3 is 2.92 bits per heavy atom. The molecule has 7 heteroatoms. The van der Waals surface area contributed by atoms with Gasteiger partial charge in [0.05, 0.1) is 12.6 Å². The lowest BCUT2D eigenvalue weighted by atomic mass is 9.91. The number of nitrogens with zero attached hydrogens (tertiary/aromatic N) is 4. The number of aromatic nitrogens is 3. The minimum absolute atomic E-state index is 0.0563. The molecule has 2 aromatic rings. The first kappa shape index (κ1) is 16.3. The molecule has 0 bridgehead atoms. The highest BCUT2D eigenvalue weighted by molar-refractivity contribution is 5.75. The van der Waals surface area contributed by atoms with Crippen LogP contribution in [0.5, 0.6) is 0 Å². The quantitative estimate of drug-likeness (QED) is 0.901. The molecule has 7 nitrogen and oxygen atoms in total. The van der Waals surface area contributed by atoms with Crippen LogP contribution >= 0.6 is 0 Å². The van der Waals surface area contributed by atoms with Crippen molar-refractivity contribution >= 4 is 12.0 Å². The maximum Gasteiger partial charge on any atom is 0.318 e. The van der Waals surface area contributed by atoms with E-state index < -0.39 is 0 Å². The molecule has 2 N–H and O–H groups in total. The number of benzene rings is 1. The van der Waals surface area contributed by atoms with E-state index in [0.717, 1.165) is 19.4 Å². The first-order valence-electron chi connectivity index (χ1n) is 8.31. The Labute approximate surface area is 142 Å². The first-order valence-corrected chi connectivity index (χ1v) is 8.31. The van der Waals surface area contributed by atoms with Gasteiger partial charge in [-0.2, -0.15) is 4.98 Å². The van der Waals surface area contributed by atoms with Crippen LogP contribution in [0, 0.1) is 0 Å². The minimum Gasteiger partial charge on any atom is -0.346 e. The summed E-state index contributed by atoms with van der Waals surface area (Å²) in [6, 6.07) is 8.46. The topological polar surface area (TPSA) is 77.2 Å². The third-order valence-electron chi connectivity index (χ3n) is 4.39. The summed E-state index contributed by atoms with van der Waals surface area (Å²) in [5.74, 6) is 1.26. The van der Waals surface area contributed by atoms with Crippen LogP contribution < -0.4 is 10.2 Å². The van der Waals surface area contributed by atoms with Crippen molar-refractivity contribution in [2.45, 2.75) is 32.4 Å². The monoisotopic (exact) mass is 328 g/mol. The van der Waals surface area contributed by atoms with Crippen molar-refractivity contribution in [3.8, 4) is 0 Å². The van der Waals surface area contributed by atoms with Crippen LogP contribution in [-0.2, 0) is 13.0 Å². The highest BCUT2D eigenvalue weighted by Crippen LogP contribution is 2.31. The predicted molar refractivity (Wildman–Crippen MR) is 92.8 cm³/mol. The molecule has 2 amide bonds. The zero-order chi connectivity index (χ0) is 17.1. The Bertz CT molecular complexity index is 711. The molecule has 1 aliphatic heterocycles. The Morgan fingerprint density at radius 1 is 1.42 bits per heavy atom. The number of H-pyrrole nitrogens is 1. The van der Waals surface area contributed by atoms with E-state index in [1.54, 1.807) is 0 Å². The first-order chi connectivity index (χ1) is 11.6. The van der Waals surface area contributed by atoms with Crippen molar-refractivity contribution < 1.29 is 4.79 Å². The fourth-order valence-electron chi connectivity index (χ4n) is 3.16. The second-order valence-electron chi connectivity index (χ2n) is 6.20. The molecule has 1 unspecified atom stereocenters. The zero-order valence-electron chi connectivity index (χ0n) is 14.4. The fourth-order valence-corrected chi connectivity index (χ4v) is 3.16. The average Bonchev–Trinajstić information content (AvgIpc) is 3.08. The van der Waals surface area contributed by atoms with Gasteiger partial charge in [0, 0.05) is 20.6 Å². The predicted octanol–water partition coefficient (Wildman–Crippen LogP) is 2.09. The van der Waals surface area contributed by atoms with Crippen molar-refractivity contribution in [3.05, 3.63) is 41.2 Å². The lowest BCUT2D eigenvalue weighted by Gasteiger charge is -2.36. The summed E-state index contributed by atoms with van der Waals surface area (Å²) in [6.07, 6.45) is 1.80. The van der Waals surface area contributed by atoms with E-state index >= 15 is 0 Å². The Hall–Kier alpha value is -2.57. The van der Waals surface area contributed by atoms with E-state index in [9.17, 15) is 4.79 Å². The molecule has 1 aromatic carbocycles. The third kappa shape index (κ3) is 3.20. The molecule has 0 radical (unpaired) electrons. The lowest BCUT2D eigenvalue weighted by molar-refractivity contribution is 0.166. The van der Waals surface area contributed by atoms with Crippen molar-refractivity contribution in [3.63, 3.8) is 0 Å². The van der Waals surface area contributed by atoms with Gasteiger partial charge in [-0.25, -0.2) is 4.79 Å². The maximum absolute atomic E-state index is 12.6. The third-order valence-corrected chi connectivity index (χ3v) is 4.39. The van der Waals surface area contributed by atoms with Gasteiger partial charge in [-0.05, 0) is 24.0 Å². The number of carbonyl (C=O) groups excluding carboxylic acids is 1. The molecular formula is C17H24N6O. The van der Waals surface area contributed by atoms with Crippen molar-refractivity contribution in [1.82, 2.24) is 25.4 Å². The maximum atomic E-state index is 12.6. The van der Waals surface area contributed by atoms with Gasteiger partial charge in [-0.1, -0.05) is 31.2 Å². The van der Waals surface area contributed by atoms with E-state index in [0.29, 0.717) is 18.3 Å². The molecule has 0 saturated heterocycles. The highest BCUT2D eigenvalue weighted by atomic mass is 16.2. The summed E-state index contributed by atoms with van der Waals surface area (Å²) in [7, 11) is 3.76. The standard InChI is InChI=1S/C17H24N6O/c1-4-14-13-8-6-5-7-12(13)9-10-23(14)17(24)18-11-15-19-16(21-20-15)22(2)3/h5-8,14H,4,9-11H2,1-3H3,(H,18,24)(H,19,20,21). The normalized spacial score (nSPS) is 16.6. The van der Waals surface area contributed by atoms with Gasteiger partial charge in [0.25, 0.3) is 0 Å². The van der Waals surface area contributed by atoms with E-state index in [1.165, 1.54) is 11.1 Å². The molecule has 24 heavy (non-hydrogen) atoms. The number of hydrogen-bond donors (Lipinski definition) is 2. The molecule has 3 rings (SSSR count). The van der Waals surface area contributed by atoms with Crippen LogP contribution in [-0.4, -0.2) is 46.8 Å². The van der Waals surface area contributed by atoms with Gasteiger partial charge in [-0.3, -0.25) is 5.10 Å². The zero-order valence-corrected chi connectivity index (χ0v) is 14.4. The SMILES string of the molecule is CCC1c2ccccc2CCN1C(=O)NCc1nc(N(C)C)n[nH]1. The molecule has 1 aromatic heterocycles. The van der Waals surface area contributed by atoms with Crippen molar-refractivity contribution in [1.29, 1.82) is 0 Å². The molecule has 1 aliphatic rings. The summed E-state index contributed by atoms with van der Waals surface area (Å²) >= 11 is 0. The number of carbonyl (C=O) groups is 1. The van der Waals surface area contributed by atoms with Gasteiger partial charge >= 0.3 is 6.03 Å². The fraction of sp³-hybridized carbons (Fsp3) is 0.471. The second kappa shape index (κ2) is 6.90. The summed E-state index contributed by atoms with van der Waals surface area (Å²) in [6.45, 7) is 3.20. The molecule has 1 atom stereocenters. The summed E-state index contributed by atoms with van der Waals surface area (Å²) < 4.78 is 0. The summed E-state index contributed by atoms with van der Waals surface area (Å²) in [4.78, 5) is 20.7. The molecule has 0 spiro atoms. The van der Waals surface area contributed by atoms with Crippen LogP contribution in [0.25, 0.3) is 0 Å². The highest BCUT2D eigenvalue weighted by Gasteiger charge is 2.29. The smallest absolute Gasteiger partial charge is 0.318 e. The molecular weight excluding hydrogens is 304 g/mol. The van der Waals surface area contributed by atoms with Gasteiger partial charge in [-0.15, -0.1) is 5.10 Å². The summed E-state index contributed by atoms with van der Waals surface area (Å²) in [5.41, 5.74) is 2.61. The number of aromatic amines is 1. The van der Waals surface area contributed by atoms with Gasteiger partial charge in [0.2, 0.25) is 5.95 Å². The lowest BCUT2D eigenvalue weighted by Crippen LogP contribution is -2.45. The van der Waals surface area contributed by atoms with Crippen LogP contribution in [0.4, 0.5) is 10.7 Å². The largest absolute Gasteiger partial charge is 0.346 e. The number of fused-ring (bicyclic) bond motifs is 1.